The summed E-state index contributed by atoms with van der Waals surface area (Å²) in [4.78, 5) is 4.35. The van der Waals surface area contributed by atoms with Crippen molar-refractivity contribution in [3.05, 3.63) is 65.3 Å². The lowest BCUT2D eigenvalue weighted by atomic mass is 10.1. The molecule has 0 radical (unpaired) electrons. The number of nitrogens with zero attached hydrogens (tertiary/aromatic N) is 1. The predicted molar refractivity (Wildman–Crippen MR) is 86.8 cm³/mol. The quantitative estimate of drug-likeness (QED) is 0.738. The first-order valence-electron chi connectivity index (χ1n) is 6.74. The first-order chi connectivity index (χ1) is 10.2. The Morgan fingerprint density at radius 3 is 2.67 bits per heavy atom. The van der Waals surface area contributed by atoms with Crippen LogP contribution in [0.4, 0.5) is 5.69 Å². The summed E-state index contributed by atoms with van der Waals surface area (Å²) in [5.41, 5.74) is 8.43. The molecule has 0 aliphatic rings. The summed E-state index contributed by atoms with van der Waals surface area (Å²) in [5.74, 6) is 0.755. The van der Waals surface area contributed by atoms with Crippen molar-refractivity contribution >= 4 is 28.2 Å². The monoisotopic (exact) mass is 298 g/mol. The fraction of sp³-hybridized carbons (Fsp3) is 0.118. The summed E-state index contributed by atoms with van der Waals surface area (Å²) < 4.78 is 5.86. The molecule has 0 aliphatic heterocycles. The highest BCUT2D eigenvalue weighted by Gasteiger charge is 2.06. The maximum absolute atomic E-state index is 6.17. The Hall–Kier alpha value is -2.26. The number of hydrogen-bond acceptors (Lipinski definition) is 3. The van der Waals surface area contributed by atoms with E-state index in [1.165, 1.54) is 5.56 Å². The van der Waals surface area contributed by atoms with Crippen molar-refractivity contribution in [2.75, 3.05) is 12.3 Å². The Morgan fingerprint density at radius 2 is 1.86 bits per heavy atom. The van der Waals surface area contributed by atoms with E-state index in [9.17, 15) is 0 Å². The standard InChI is InChI=1S/C17H15ClN2O/c18-15-7-8-16(17-14(15)2-1-10-20-17)21-11-9-12-3-5-13(19)6-4-12/h1-8,10H,9,11,19H2. The molecular weight excluding hydrogens is 284 g/mol. The zero-order valence-corrected chi connectivity index (χ0v) is 12.2. The molecule has 1 aromatic heterocycles. The van der Waals surface area contributed by atoms with E-state index in [0.717, 1.165) is 28.8 Å². The third-order valence-corrected chi connectivity index (χ3v) is 3.64. The zero-order chi connectivity index (χ0) is 14.7. The highest BCUT2D eigenvalue weighted by Crippen LogP contribution is 2.29. The molecule has 0 bridgehead atoms. The number of ether oxygens (including phenoxy) is 1. The Labute approximate surface area is 128 Å². The Morgan fingerprint density at radius 1 is 1.05 bits per heavy atom. The molecule has 0 amide bonds. The number of aromatic nitrogens is 1. The van der Waals surface area contributed by atoms with Gasteiger partial charge >= 0.3 is 0 Å². The van der Waals surface area contributed by atoms with Crippen LogP contribution >= 0.6 is 11.6 Å². The van der Waals surface area contributed by atoms with Gasteiger partial charge in [0.05, 0.1) is 11.6 Å². The second-order valence-corrected chi connectivity index (χ2v) is 5.19. The number of pyridine rings is 1. The lowest BCUT2D eigenvalue weighted by Gasteiger charge is -2.09. The number of rotatable bonds is 4. The fourth-order valence-corrected chi connectivity index (χ4v) is 2.41. The van der Waals surface area contributed by atoms with Crippen molar-refractivity contribution < 1.29 is 4.74 Å². The van der Waals surface area contributed by atoms with Crippen LogP contribution in [0.1, 0.15) is 5.56 Å². The molecule has 106 valence electrons. The van der Waals surface area contributed by atoms with Crippen LogP contribution in [-0.4, -0.2) is 11.6 Å². The van der Waals surface area contributed by atoms with E-state index in [1.807, 2.05) is 48.5 Å². The van der Waals surface area contributed by atoms with Crippen molar-refractivity contribution in [3.63, 3.8) is 0 Å². The van der Waals surface area contributed by atoms with Gasteiger partial charge in [0.1, 0.15) is 11.3 Å². The van der Waals surface area contributed by atoms with Gasteiger partial charge in [0, 0.05) is 23.7 Å². The summed E-state index contributed by atoms with van der Waals surface area (Å²) in [5, 5.41) is 1.59. The van der Waals surface area contributed by atoms with Gasteiger partial charge in [-0.05, 0) is 42.0 Å². The predicted octanol–water partition coefficient (Wildman–Crippen LogP) is 4.09. The van der Waals surface area contributed by atoms with Crippen LogP contribution in [-0.2, 0) is 6.42 Å². The van der Waals surface area contributed by atoms with Gasteiger partial charge in [-0.1, -0.05) is 23.7 Å². The van der Waals surface area contributed by atoms with Gasteiger partial charge < -0.3 is 10.5 Å². The molecule has 0 aliphatic carbocycles. The SMILES string of the molecule is Nc1ccc(CCOc2ccc(Cl)c3cccnc23)cc1. The molecule has 0 saturated carbocycles. The summed E-state index contributed by atoms with van der Waals surface area (Å²) in [6.45, 7) is 0.581. The molecule has 3 nitrogen and oxygen atoms in total. The molecular formula is C17H15ClN2O. The first-order valence-corrected chi connectivity index (χ1v) is 7.12. The van der Waals surface area contributed by atoms with Gasteiger partial charge in [-0.15, -0.1) is 0 Å². The van der Waals surface area contributed by atoms with E-state index in [1.54, 1.807) is 6.20 Å². The Kier molecular flexibility index (Phi) is 3.93. The van der Waals surface area contributed by atoms with Crippen LogP contribution in [0, 0.1) is 0 Å². The third kappa shape index (κ3) is 3.09. The average molecular weight is 299 g/mol. The number of fused-ring (bicyclic) bond motifs is 1. The molecule has 2 N–H and O–H groups in total. The maximum atomic E-state index is 6.17. The highest BCUT2D eigenvalue weighted by atomic mass is 35.5. The van der Waals surface area contributed by atoms with Crippen LogP contribution in [0.25, 0.3) is 10.9 Å². The minimum absolute atomic E-state index is 0.581. The highest BCUT2D eigenvalue weighted by molar-refractivity contribution is 6.35. The maximum Gasteiger partial charge on any atom is 0.145 e. The fourth-order valence-electron chi connectivity index (χ4n) is 2.19. The van der Waals surface area contributed by atoms with Gasteiger partial charge in [-0.25, -0.2) is 0 Å². The number of benzene rings is 2. The Balaban J connectivity index is 1.74. The topological polar surface area (TPSA) is 48.1 Å². The molecule has 2 aromatic carbocycles. The normalized spacial score (nSPS) is 10.7. The second-order valence-electron chi connectivity index (χ2n) is 4.79. The second kappa shape index (κ2) is 6.02. The largest absolute Gasteiger partial charge is 0.491 e. The van der Waals surface area contributed by atoms with E-state index >= 15 is 0 Å². The van der Waals surface area contributed by atoms with Crippen molar-refractivity contribution in [1.29, 1.82) is 0 Å². The molecule has 0 fully saturated rings. The van der Waals surface area contributed by atoms with Gasteiger partial charge in [0.15, 0.2) is 0 Å². The molecule has 0 saturated heterocycles. The van der Waals surface area contributed by atoms with Crippen LogP contribution in [0.2, 0.25) is 5.02 Å². The van der Waals surface area contributed by atoms with Crippen LogP contribution in [0.3, 0.4) is 0 Å². The Bertz CT molecular complexity index is 756. The number of halogens is 1. The minimum atomic E-state index is 0.581. The minimum Gasteiger partial charge on any atom is -0.491 e. The summed E-state index contributed by atoms with van der Waals surface area (Å²) >= 11 is 6.17. The molecule has 3 aromatic rings. The number of nitrogen functional groups attached to an aromatic ring is 1. The van der Waals surface area contributed by atoms with Crippen molar-refractivity contribution in [2.24, 2.45) is 0 Å². The van der Waals surface area contributed by atoms with E-state index in [-0.39, 0.29) is 0 Å². The van der Waals surface area contributed by atoms with Crippen LogP contribution in [0.5, 0.6) is 5.75 Å². The van der Waals surface area contributed by atoms with Gasteiger partial charge in [0.25, 0.3) is 0 Å². The van der Waals surface area contributed by atoms with E-state index < -0.39 is 0 Å². The van der Waals surface area contributed by atoms with Crippen molar-refractivity contribution in [1.82, 2.24) is 4.98 Å². The van der Waals surface area contributed by atoms with Crippen LogP contribution in [0.15, 0.2) is 54.7 Å². The summed E-state index contributed by atoms with van der Waals surface area (Å²) in [6.07, 6.45) is 2.56. The van der Waals surface area contributed by atoms with Gasteiger partial charge in [0.2, 0.25) is 0 Å². The summed E-state index contributed by atoms with van der Waals surface area (Å²) in [7, 11) is 0. The molecule has 0 spiro atoms. The third-order valence-electron chi connectivity index (χ3n) is 3.31. The van der Waals surface area contributed by atoms with Gasteiger partial charge in [-0.3, -0.25) is 4.98 Å². The van der Waals surface area contributed by atoms with Crippen molar-refractivity contribution in [2.45, 2.75) is 6.42 Å². The summed E-state index contributed by atoms with van der Waals surface area (Å²) in [6, 6.07) is 15.3. The average Bonchev–Trinajstić information content (AvgIpc) is 2.52. The molecule has 4 heteroatoms. The molecule has 3 rings (SSSR count). The lowest BCUT2D eigenvalue weighted by Crippen LogP contribution is -2.02. The molecule has 21 heavy (non-hydrogen) atoms. The first kappa shape index (κ1) is 13.7. The number of hydrogen-bond donors (Lipinski definition) is 1. The lowest BCUT2D eigenvalue weighted by molar-refractivity contribution is 0.325. The number of anilines is 1. The van der Waals surface area contributed by atoms with E-state index in [4.69, 9.17) is 22.1 Å². The molecule has 0 unspecified atom stereocenters. The van der Waals surface area contributed by atoms with Crippen LogP contribution < -0.4 is 10.5 Å². The number of nitrogens with two attached hydrogens (primary N) is 1. The molecule has 0 atom stereocenters. The van der Waals surface area contributed by atoms with Gasteiger partial charge in [-0.2, -0.15) is 0 Å². The van der Waals surface area contributed by atoms with E-state index in [2.05, 4.69) is 4.98 Å². The molecule has 1 heterocycles. The van der Waals surface area contributed by atoms with E-state index in [0.29, 0.717) is 11.6 Å². The smallest absolute Gasteiger partial charge is 0.145 e. The van der Waals surface area contributed by atoms with Crippen molar-refractivity contribution in [3.8, 4) is 5.75 Å². The zero-order valence-electron chi connectivity index (χ0n) is 11.4.